The summed E-state index contributed by atoms with van der Waals surface area (Å²) < 4.78 is 24.9. The lowest BCUT2D eigenvalue weighted by atomic mass is 10.2. The van der Waals surface area contributed by atoms with Crippen LogP contribution in [0.2, 0.25) is 0 Å². The number of halogens is 1. The third-order valence-electron chi connectivity index (χ3n) is 3.17. The van der Waals surface area contributed by atoms with Crippen molar-refractivity contribution in [1.29, 1.82) is 0 Å². The van der Waals surface area contributed by atoms with Crippen LogP contribution in [0.15, 0.2) is 18.2 Å². The standard InChI is InChI=1S/C14H15FN2O2/c1-2-12-16-13-10(4-3-5-11(13)15)14(17-12)19-9-6-7-18-8-9/h3-5,9H,2,6-8H2,1H3. The molecule has 3 rings (SSSR count). The van der Waals surface area contributed by atoms with Gasteiger partial charge in [-0.15, -0.1) is 0 Å². The molecule has 0 N–H and O–H groups in total. The zero-order valence-corrected chi connectivity index (χ0v) is 10.7. The zero-order chi connectivity index (χ0) is 13.2. The predicted octanol–water partition coefficient (Wildman–Crippen LogP) is 2.50. The maximum absolute atomic E-state index is 13.8. The van der Waals surface area contributed by atoms with Gasteiger partial charge < -0.3 is 9.47 Å². The molecule has 2 aromatic rings. The molecule has 1 aromatic carbocycles. The van der Waals surface area contributed by atoms with Crippen molar-refractivity contribution in [3.63, 3.8) is 0 Å². The fraction of sp³-hybridized carbons (Fsp3) is 0.429. The molecule has 1 atom stereocenters. The number of aromatic nitrogens is 2. The molecule has 0 radical (unpaired) electrons. The summed E-state index contributed by atoms with van der Waals surface area (Å²) in [6, 6.07) is 4.82. The topological polar surface area (TPSA) is 44.2 Å². The van der Waals surface area contributed by atoms with Crippen molar-refractivity contribution in [2.75, 3.05) is 13.2 Å². The van der Waals surface area contributed by atoms with Crippen molar-refractivity contribution < 1.29 is 13.9 Å². The van der Waals surface area contributed by atoms with Crippen LogP contribution in [0.4, 0.5) is 4.39 Å². The monoisotopic (exact) mass is 262 g/mol. The third kappa shape index (κ3) is 2.38. The molecule has 19 heavy (non-hydrogen) atoms. The van der Waals surface area contributed by atoms with E-state index in [1.807, 2.05) is 6.92 Å². The second-order valence-electron chi connectivity index (χ2n) is 4.54. The van der Waals surface area contributed by atoms with Gasteiger partial charge in [0.2, 0.25) is 5.88 Å². The van der Waals surface area contributed by atoms with Gasteiger partial charge in [0.15, 0.2) is 0 Å². The van der Waals surface area contributed by atoms with Crippen LogP contribution < -0.4 is 4.74 Å². The Hall–Kier alpha value is -1.75. The van der Waals surface area contributed by atoms with Gasteiger partial charge in [-0.25, -0.2) is 9.37 Å². The molecule has 1 fully saturated rings. The quantitative estimate of drug-likeness (QED) is 0.852. The van der Waals surface area contributed by atoms with Gasteiger partial charge in [-0.1, -0.05) is 13.0 Å². The number of fused-ring (bicyclic) bond motifs is 1. The number of para-hydroxylation sites is 1. The summed E-state index contributed by atoms with van der Waals surface area (Å²) in [5.41, 5.74) is 0.322. The number of rotatable bonds is 3. The lowest BCUT2D eigenvalue weighted by Crippen LogP contribution is -2.17. The Kier molecular flexibility index (Phi) is 3.29. The van der Waals surface area contributed by atoms with E-state index in [1.165, 1.54) is 6.07 Å². The Balaban J connectivity index is 2.07. The summed E-state index contributed by atoms with van der Waals surface area (Å²) in [5, 5.41) is 0.615. The largest absolute Gasteiger partial charge is 0.471 e. The summed E-state index contributed by atoms with van der Waals surface area (Å²) in [4.78, 5) is 8.60. The number of benzene rings is 1. The first-order chi connectivity index (χ1) is 9.28. The van der Waals surface area contributed by atoms with Crippen molar-refractivity contribution >= 4 is 10.9 Å². The highest BCUT2D eigenvalue weighted by Gasteiger charge is 2.20. The molecule has 1 aliphatic heterocycles. The van der Waals surface area contributed by atoms with E-state index >= 15 is 0 Å². The molecule has 1 saturated heterocycles. The number of hydrogen-bond donors (Lipinski definition) is 0. The van der Waals surface area contributed by atoms with E-state index in [2.05, 4.69) is 9.97 Å². The van der Waals surface area contributed by atoms with E-state index in [0.717, 1.165) is 6.42 Å². The number of aryl methyl sites for hydroxylation is 1. The molecule has 4 nitrogen and oxygen atoms in total. The Morgan fingerprint density at radius 3 is 3.05 bits per heavy atom. The highest BCUT2D eigenvalue weighted by molar-refractivity contribution is 5.83. The molecule has 1 aromatic heterocycles. The van der Waals surface area contributed by atoms with Crippen LogP contribution in [-0.4, -0.2) is 29.3 Å². The van der Waals surface area contributed by atoms with Gasteiger partial charge in [-0.3, -0.25) is 0 Å². The van der Waals surface area contributed by atoms with Crippen molar-refractivity contribution in [3.05, 3.63) is 29.8 Å². The van der Waals surface area contributed by atoms with Gasteiger partial charge in [-0.05, 0) is 12.1 Å². The van der Waals surface area contributed by atoms with Crippen molar-refractivity contribution in [2.24, 2.45) is 0 Å². The summed E-state index contributed by atoms with van der Waals surface area (Å²) >= 11 is 0. The highest BCUT2D eigenvalue weighted by Crippen LogP contribution is 2.26. The second kappa shape index (κ2) is 5.09. The van der Waals surface area contributed by atoms with Crippen LogP contribution >= 0.6 is 0 Å². The van der Waals surface area contributed by atoms with E-state index in [-0.39, 0.29) is 11.9 Å². The Bertz CT molecular complexity index is 597. The molecule has 1 unspecified atom stereocenters. The molecule has 2 heterocycles. The summed E-state index contributed by atoms with van der Waals surface area (Å²) in [6.45, 7) is 3.19. The van der Waals surface area contributed by atoms with E-state index in [0.29, 0.717) is 42.2 Å². The highest BCUT2D eigenvalue weighted by atomic mass is 19.1. The molecule has 0 aliphatic carbocycles. The smallest absolute Gasteiger partial charge is 0.225 e. The summed E-state index contributed by atoms with van der Waals surface area (Å²) in [6.07, 6.45) is 1.47. The van der Waals surface area contributed by atoms with Gasteiger partial charge >= 0.3 is 0 Å². The summed E-state index contributed by atoms with van der Waals surface area (Å²) in [7, 11) is 0. The van der Waals surface area contributed by atoms with Crippen LogP contribution in [0, 0.1) is 5.82 Å². The predicted molar refractivity (Wildman–Crippen MR) is 68.7 cm³/mol. The van der Waals surface area contributed by atoms with Crippen LogP contribution in [0.1, 0.15) is 19.2 Å². The van der Waals surface area contributed by atoms with Crippen LogP contribution in [0.3, 0.4) is 0 Å². The average molecular weight is 262 g/mol. The molecule has 0 bridgehead atoms. The normalized spacial score (nSPS) is 18.9. The number of nitrogens with zero attached hydrogens (tertiary/aromatic N) is 2. The van der Waals surface area contributed by atoms with Gasteiger partial charge in [-0.2, -0.15) is 4.98 Å². The average Bonchev–Trinajstić information content (AvgIpc) is 2.92. The third-order valence-corrected chi connectivity index (χ3v) is 3.17. The maximum atomic E-state index is 13.8. The molecule has 0 amide bonds. The first kappa shape index (κ1) is 12.3. The van der Waals surface area contributed by atoms with Gasteiger partial charge in [0.1, 0.15) is 23.3 Å². The van der Waals surface area contributed by atoms with Crippen LogP contribution in [-0.2, 0) is 11.2 Å². The van der Waals surface area contributed by atoms with Crippen LogP contribution in [0.5, 0.6) is 5.88 Å². The summed E-state index contributed by atoms with van der Waals surface area (Å²) in [5.74, 6) is 0.700. The molecular formula is C14H15FN2O2. The molecule has 5 heteroatoms. The fourth-order valence-electron chi connectivity index (χ4n) is 2.14. The van der Waals surface area contributed by atoms with Crippen molar-refractivity contribution in [1.82, 2.24) is 9.97 Å². The van der Waals surface area contributed by atoms with Crippen LogP contribution in [0.25, 0.3) is 10.9 Å². The van der Waals surface area contributed by atoms with Crippen molar-refractivity contribution in [3.8, 4) is 5.88 Å². The number of ether oxygens (including phenoxy) is 2. The van der Waals surface area contributed by atoms with E-state index in [1.54, 1.807) is 12.1 Å². The van der Waals surface area contributed by atoms with E-state index < -0.39 is 0 Å². The molecule has 0 saturated carbocycles. The minimum absolute atomic E-state index is 0.00827. The minimum atomic E-state index is -0.345. The van der Waals surface area contributed by atoms with Gasteiger partial charge in [0, 0.05) is 12.8 Å². The Labute approximate surface area is 110 Å². The Morgan fingerprint density at radius 1 is 1.42 bits per heavy atom. The first-order valence-corrected chi connectivity index (χ1v) is 6.47. The zero-order valence-electron chi connectivity index (χ0n) is 10.7. The van der Waals surface area contributed by atoms with Crippen molar-refractivity contribution in [2.45, 2.75) is 25.9 Å². The van der Waals surface area contributed by atoms with Gasteiger partial charge in [0.25, 0.3) is 0 Å². The van der Waals surface area contributed by atoms with E-state index in [4.69, 9.17) is 9.47 Å². The van der Waals surface area contributed by atoms with Gasteiger partial charge in [0.05, 0.1) is 18.6 Å². The SMILES string of the molecule is CCc1nc(OC2CCOC2)c2cccc(F)c2n1. The first-order valence-electron chi connectivity index (χ1n) is 6.47. The molecular weight excluding hydrogens is 247 g/mol. The fourth-order valence-corrected chi connectivity index (χ4v) is 2.14. The lowest BCUT2D eigenvalue weighted by Gasteiger charge is -2.13. The Morgan fingerprint density at radius 2 is 2.32 bits per heavy atom. The van der Waals surface area contributed by atoms with E-state index in [9.17, 15) is 4.39 Å². The maximum Gasteiger partial charge on any atom is 0.225 e. The lowest BCUT2D eigenvalue weighted by molar-refractivity contribution is 0.139. The second-order valence-corrected chi connectivity index (χ2v) is 4.54. The number of hydrogen-bond acceptors (Lipinski definition) is 4. The molecule has 0 spiro atoms. The molecule has 100 valence electrons. The minimum Gasteiger partial charge on any atom is -0.471 e. The molecule has 1 aliphatic rings.